The van der Waals surface area contributed by atoms with Crippen LogP contribution in [0.5, 0.6) is 0 Å². The van der Waals surface area contributed by atoms with E-state index in [1.807, 2.05) is 18.2 Å². The Morgan fingerprint density at radius 2 is 0.973 bits per heavy atom. The van der Waals surface area contributed by atoms with Crippen LogP contribution in [0.1, 0.15) is 58.9 Å². The molecule has 1 aliphatic carbocycles. The van der Waals surface area contributed by atoms with Crippen molar-refractivity contribution in [3.05, 3.63) is 144 Å². The highest BCUT2D eigenvalue weighted by Crippen LogP contribution is 2.45. The second-order valence-electron chi connectivity index (χ2n) is 10.0. The maximum Gasteiger partial charge on any atom is 0.150 e. The Morgan fingerprint density at radius 3 is 1.38 bits per heavy atom. The molecule has 37 heavy (non-hydrogen) atoms. The monoisotopic (exact) mass is 488 g/mol. The predicted octanol–water partition coefficient (Wildman–Crippen LogP) is 7.51. The van der Waals surface area contributed by atoms with Crippen molar-refractivity contribution in [3.8, 4) is 0 Å². The lowest BCUT2D eigenvalue weighted by atomic mass is 9.90. The Kier molecular flexibility index (Phi) is 8.58. The topological polar surface area (TPSA) is 23.6 Å². The molecule has 6 rings (SSSR count). The molecule has 188 valence electrons. The predicted molar refractivity (Wildman–Crippen MR) is 151 cm³/mol. The summed E-state index contributed by atoms with van der Waals surface area (Å²) in [6.45, 7) is 2.04. The molecule has 0 N–H and O–H groups in total. The van der Waals surface area contributed by atoms with Crippen molar-refractivity contribution in [2.24, 2.45) is 0 Å². The van der Waals surface area contributed by atoms with E-state index in [0.717, 1.165) is 24.9 Å². The van der Waals surface area contributed by atoms with E-state index in [-0.39, 0.29) is 0 Å². The second-order valence-corrected chi connectivity index (χ2v) is 10.0. The summed E-state index contributed by atoms with van der Waals surface area (Å²) >= 11 is 0. The fraction of sp³-hybridized carbons (Fsp3) is 0.265. The molecule has 2 unspecified atom stereocenters. The number of hydrogen-bond donors (Lipinski definition) is 0. The molecular weight excluding hydrogens is 452 g/mol. The van der Waals surface area contributed by atoms with E-state index in [1.54, 1.807) is 12.1 Å². The molecule has 4 aromatic carbocycles. The Labute approximate surface area is 221 Å². The van der Waals surface area contributed by atoms with Crippen molar-refractivity contribution in [2.45, 2.75) is 57.0 Å². The number of fused-ring (bicyclic) bond motifs is 1. The number of rotatable bonds is 6. The Hall–Kier alpha value is -3.53. The van der Waals surface area contributed by atoms with Gasteiger partial charge in [0.05, 0.1) is 6.17 Å². The molecule has 0 spiro atoms. The lowest BCUT2D eigenvalue weighted by Gasteiger charge is -2.32. The highest BCUT2D eigenvalue weighted by Gasteiger charge is 2.47. The van der Waals surface area contributed by atoms with E-state index in [9.17, 15) is 4.79 Å². The van der Waals surface area contributed by atoms with Crippen LogP contribution in [0.25, 0.3) is 0 Å². The lowest BCUT2D eigenvalue weighted by Crippen LogP contribution is -2.39. The SMILES string of the molecule is O=Cc1ccccc1.c1ccc(CN2C3CCCCC3N(Cc3ccccc3)C2c2ccccc2)cc1. The third-order valence-corrected chi connectivity index (χ3v) is 7.62. The lowest BCUT2D eigenvalue weighted by molar-refractivity contribution is 0.102. The standard InChI is InChI=1S/C27H30N2.C7H6O/c1-4-12-22(13-5-1)20-28-25-18-10-11-19-26(25)29(21-23-14-6-2-7-15-23)27(28)24-16-8-3-9-17-24;8-6-7-4-2-1-3-5-7/h1-9,12-17,25-27H,10-11,18-21H2;1-6H. The van der Waals surface area contributed by atoms with Gasteiger partial charge >= 0.3 is 0 Å². The van der Waals surface area contributed by atoms with Gasteiger partial charge in [-0.05, 0) is 29.5 Å². The van der Waals surface area contributed by atoms with Crippen LogP contribution in [-0.2, 0) is 13.1 Å². The Bertz CT molecular complexity index is 1160. The van der Waals surface area contributed by atoms with Crippen molar-refractivity contribution < 1.29 is 4.79 Å². The van der Waals surface area contributed by atoms with Gasteiger partial charge in [-0.2, -0.15) is 0 Å². The zero-order valence-electron chi connectivity index (χ0n) is 21.4. The number of benzene rings is 4. The second kappa shape index (κ2) is 12.6. The van der Waals surface area contributed by atoms with Crippen LogP contribution in [0.2, 0.25) is 0 Å². The van der Waals surface area contributed by atoms with Crippen LogP contribution in [0, 0.1) is 0 Å². The summed E-state index contributed by atoms with van der Waals surface area (Å²) in [5.41, 5.74) is 4.99. The van der Waals surface area contributed by atoms with Crippen LogP contribution in [0.4, 0.5) is 0 Å². The van der Waals surface area contributed by atoms with Gasteiger partial charge in [0.1, 0.15) is 6.29 Å². The summed E-state index contributed by atoms with van der Waals surface area (Å²) in [4.78, 5) is 15.6. The zero-order chi connectivity index (χ0) is 25.3. The normalized spacial score (nSPS) is 21.5. The molecule has 2 aliphatic rings. The zero-order valence-corrected chi connectivity index (χ0v) is 21.4. The van der Waals surface area contributed by atoms with Gasteiger partial charge in [0.15, 0.2) is 0 Å². The first kappa shape index (κ1) is 25.1. The van der Waals surface area contributed by atoms with Gasteiger partial charge in [-0.1, -0.05) is 134 Å². The maximum atomic E-state index is 10.0. The first-order chi connectivity index (χ1) is 18.3. The largest absolute Gasteiger partial charge is 0.298 e. The van der Waals surface area contributed by atoms with E-state index >= 15 is 0 Å². The van der Waals surface area contributed by atoms with Crippen molar-refractivity contribution in [2.75, 3.05) is 0 Å². The smallest absolute Gasteiger partial charge is 0.150 e. The van der Waals surface area contributed by atoms with Gasteiger partial charge in [0, 0.05) is 30.7 Å². The molecule has 1 aliphatic heterocycles. The van der Waals surface area contributed by atoms with E-state index in [2.05, 4.69) is 101 Å². The minimum atomic E-state index is 0.338. The van der Waals surface area contributed by atoms with Crippen molar-refractivity contribution in [3.63, 3.8) is 0 Å². The van der Waals surface area contributed by atoms with Gasteiger partial charge in [-0.25, -0.2) is 0 Å². The molecular formula is C34H36N2O. The van der Waals surface area contributed by atoms with E-state index in [4.69, 9.17) is 0 Å². The molecule has 1 saturated heterocycles. The molecule has 2 atom stereocenters. The quantitative estimate of drug-likeness (QED) is 0.262. The Balaban J connectivity index is 0.000000301. The minimum absolute atomic E-state index is 0.338. The molecule has 1 heterocycles. The van der Waals surface area contributed by atoms with Crippen LogP contribution in [0.15, 0.2) is 121 Å². The first-order valence-corrected chi connectivity index (χ1v) is 13.5. The van der Waals surface area contributed by atoms with Gasteiger partial charge in [-0.15, -0.1) is 0 Å². The van der Waals surface area contributed by atoms with Crippen LogP contribution in [-0.4, -0.2) is 28.2 Å². The molecule has 4 aromatic rings. The summed E-state index contributed by atoms with van der Waals surface area (Å²) in [5.74, 6) is 0. The third-order valence-electron chi connectivity index (χ3n) is 7.62. The summed E-state index contributed by atoms with van der Waals surface area (Å²) in [6.07, 6.45) is 6.50. The number of hydrogen-bond acceptors (Lipinski definition) is 3. The van der Waals surface area contributed by atoms with E-state index in [0.29, 0.717) is 18.2 Å². The molecule has 0 amide bonds. The Morgan fingerprint density at radius 1 is 0.568 bits per heavy atom. The number of carbonyl (C=O) groups is 1. The average Bonchev–Trinajstić information content (AvgIpc) is 3.28. The molecule has 0 radical (unpaired) electrons. The number of aldehydes is 1. The summed E-state index contributed by atoms with van der Waals surface area (Å²) < 4.78 is 0. The highest BCUT2D eigenvalue weighted by atomic mass is 16.1. The van der Waals surface area contributed by atoms with E-state index < -0.39 is 0 Å². The molecule has 1 saturated carbocycles. The van der Waals surface area contributed by atoms with Crippen molar-refractivity contribution in [1.82, 2.24) is 9.80 Å². The van der Waals surface area contributed by atoms with Gasteiger partial charge in [0.25, 0.3) is 0 Å². The molecule has 0 bridgehead atoms. The summed E-state index contributed by atoms with van der Waals surface area (Å²) in [5, 5.41) is 0. The van der Waals surface area contributed by atoms with Crippen molar-refractivity contribution in [1.29, 1.82) is 0 Å². The number of carbonyl (C=O) groups excluding carboxylic acids is 1. The summed E-state index contributed by atoms with van der Waals surface area (Å²) in [6, 6.07) is 43.6. The molecule has 3 heteroatoms. The van der Waals surface area contributed by atoms with Gasteiger partial charge in [0.2, 0.25) is 0 Å². The van der Waals surface area contributed by atoms with Gasteiger partial charge < -0.3 is 0 Å². The fourth-order valence-electron chi connectivity index (χ4n) is 5.95. The minimum Gasteiger partial charge on any atom is -0.298 e. The van der Waals surface area contributed by atoms with Gasteiger partial charge in [-0.3, -0.25) is 14.6 Å². The highest BCUT2D eigenvalue weighted by molar-refractivity contribution is 5.74. The average molecular weight is 489 g/mol. The third kappa shape index (κ3) is 6.25. The van der Waals surface area contributed by atoms with Crippen LogP contribution < -0.4 is 0 Å². The fourth-order valence-corrected chi connectivity index (χ4v) is 5.95. The van der Waals surface area contributed by atoms with E-state index in [1.165, 1.54) is 42.4 Å². The number of nitrogens with zero attached hydrogens (tertiary/aromatic N) is 2. The van der Waals surface area contributed by atoms with Crippen LogP contribution >= 0.6 is 0 Å². The molecule has 3 nitrogen and oxygen atoms in total. The molecule has 0 aromatic heterocycles. The maximum absolute atomic E-state index is 10.0. The summed E-state index contributed by atoms with van der Waals surface area (Å²) in [7, 11) is 0. The molecule has 2 fully saturated rings. The first-order valence-electron chi connectivity index (χ1n) is 13.5. The van der Waals surface area contributed by atoms with Crippen LogP contribution in [0.3, 0.4) is 0 Å². The van der Waals surface area contributed by atoms with Crippen molar-refractivity contribution >= 4 is 6.29 Å².